The van der Waals surface area contributed by atoms with Crippen molar-refractivity contribution in [2.24, 2.45) is 0 Å². The van der Waals surface area contributed by atoms with Crippen LogP contribution in [0.5, 0.6) is 11.5 Å². The number of carbonyl (C=O) groups excluding carboxylic acids is 2. The summed E-state index contributed by atoms with van der Waals surface area (Å²) in [4.78, 5) is 29.5. The highest BCUT2D eigenvalue weighted by molar-refractivity contribution is 7.14. The third-order valence-corrected chi connectivity index (χ3v) is 7.08. The average molecular weight is 484 g/mol. The number of aromatic nitrogens is 1. The molecule has 2 N–H and O–H groups in total. The Balaban J connectivity index is 1.21. The number of hydrogen-bond acceptors (Lipinski definition) is 8. The molecule has 3 aromatic rings. The quantitative estimate of drug-likeness (QED) is 0.529. The molecule has 2 aliphatic rings. The maximum atomic E-state index is 12.8. The van der Waals surface area contributed by atoms with E-state index >= 15 is 0 Å². The summed E-state index contributed by atoms with van der Waals surface area (Å²) in [5.74, 6) is 1.60. The number of benzene rings is 1. The van der Waals surface area contributed by atoms with E-state index < -0.39 is 0 Å². The Morgan fingerprint density at radius 2 is 1.97 bits per heavy atom. The molecule has 5 rings (SSSR count). The number of nitrogens with one attached hydrogen (secondary N) is 2. The highest BCUT2D eigenvalue weighted by Crippen LogP contribution is 2.40. The summed E-state index contributed by atoms with van der Waals surface area (Å²) in [6, 6.07) is 7.59. The van der Waals surface area contributed by atoms with Gasteiger partial charge in [-0.1, -0.05) is 6.07 Å². The van der Waals surface area contributed by atoms with E-state index in [9.17, 15) is 9.59 Å². The summed E-state index contributed by atoms with van der Waals surface area (Å²) < 4.78 is 21.8. The standard InChI is InChI=1S/C24H25N3O6S/c1-15-18(4-7-31-15)22(29)27-23-26-17(12-34-23)11-21(28)25-13-24(5-8-30-9-6-24)16-2-3-19-20(10-16)33-14-32-19/h2-4,7,10,12H,5-6,8-9,11,13-14H2,1H3,(H,25,28)(H,26,27,29). The van der Waals surface area contributed by atoms with Crippen LogP contribution in [0.25, 0.3) is 0 Å². The third-order valence-electron chi connectivity index (χ3n) is 6.28. The van der Waals surface area contributed by atoms with Crippen molar-refractivity contribution in [1.29, 1.82) is 0 Å². The number of carbonyl (C=O) groups is 2. The van der Waals surface area contributed by atoms with Crippen LogP contribution in [0.2, 0.25) is 0 Å². The van der Waals surface area contributed by atoms with E-state index in [1.54, 1.807) is 18.4 Å². The van der Waals surface area contributed by atoms with Crippen LogP contribution < -0.4 is 20.1 Å². The number of nitrogens with zero attached hydrogens (tertiary/aromatic N) is 1. The Morgan fingerprint density at radius 3 is 2.76 bits per heavy atom. The third kappa shape index (κ3) is 4.64. The molecule has 0 atom stereocenters. The number of rotatable bonds is 7. The second-order valence-electron chi connectivity index (χ2n) is 8.40. The SMILES string of the molecule is Cc1occc1C(=O)Nc1nc(CC(=O)NCC2(c3ccc4c(c3)OCO4)CCOCC2)cs1. The summed E-state index contributed by atoms with van der Waals surface area (Å²) in [5.41, 5.74) is 1.93. The van der Waals surface area contributed by atoms with E-state index in [0.29, 0.717) is 41.9 Å². The van der Waals surface area contributed by atoms with Gasteiger partial charge >= 0.3 is 0 Å². The van der Waals surface area contributed by atoms with Crippen molar-refractivity contribution in [3.8, 4) is 11.5 Å². The van der Waals surface area contributed by atoms with Gasteiger partial charge in [-0.3, -0.25) is 14.9 Å². The molecule has 4 heterocycles. The number of hydrogen-bond donors (Lipinski definition) is 2. The normalized spacial score (nSPS) is 16.3. The maximum absolute atomic E-state index is 12.8. The van der Waals surface area contributed by atoms with Crippen LogP contribution in [0.3, 0.4) is 0 Å². The van der Waals surface area contributed by atoms with Crippen molar-refractivity contribution in [2.45, 2.75) is 31.6 Å². The number of anilines is 1. The Hall–Kier alpha value is -3.37. The molecule has 2 aromatic heterocycles. The van der Waals surface area contributed by atoms with Crippen molar-refractivity contribution in [3.05, 3.63) is 58.5 Å². The van der Waals surface area contributed by atoms with E-state index in [4.69, 9.17) is 18.6 Å². The lowest BCUT2D eigenvalue weighted by atomic mass is 9.74. The van der Waals surface area contributed by atoms with Crippen molar-refractivity contribution < 1.29 is 28.2 Å². The summed E-state index contributed by atoms with van der Waals surface area (Å²) in [5, 5.41) is 8.05. The first-order valence-electron chi connectivity index (χ1n) is 11.1. The van der Waals surface area contributed by atoms with E-state index in [2.05, 4.69) is 15.6 Å². The van der Waals surface area contributed by atoms with Gasteiger partial charge < -0.3 is 23.9 Å². The van der Waals surface area contributed by atoms with Gasteiger partial charge in [-0.25, -0.2) is 4.98 Å². The lowest BCUT2D eigenvalue weighted by Gasteiger charge is -2.38. The van der Waals surface area contributed by atoms with Crippen molar-refractivity contribution in [2.75, 3.05) is 31.9 Å². The van der Waals surface area contributed by atoms with E-state index in [-0.39, 0.29) is 30.4 Å². The Morgan fingerprint density at radius 1 is 1.15 bits per heavy atom. The minimum absolute atomic E-state index is 0.125. The van der Waals surface area contributed by atoms with Gasteiger partial charge in [-0.05, 0) is 43.5 Å². The number of fused-ring (bicyclic) bond motifs is 1. The zero-order valence-corrected chi connectivity index (χ0v) is 19.5. The van der Waals surface area contributed by atoms with Gasteiger partial charge in [-0.2, -0.15) is 0 Å². The highest BCUT2D eigenvalue weighted by Gasteiger charge is 2.36. The molecular formula is C24H25N3O6S. The van der Waals surface area contributed by atoms with Gasteiger partial charge in [0.25, 0.3) is 5.91 Å². The second-order valence-corrected chi connectivity index (χ2v) is 9.26. The molecule has 2 amide bonds. The first kappa shape index (κ1) is 22.4. The molecule has 1 fully saturated rings. The molecule has 34 heavy (non-hydrogen) atoms. The van der Waals surface area contributed by atoms with Crippen LogP contribution in [-0.2, 0) is 21.4 Å². The zero-order chi connectivity index (χ0) is 23.5. The van der Waals surface area contributed by atoms with E-state index in [0.717, 1.165) is 29.9 Å². The minimum Gasteiger partial charge on any atom is -0.469 e. The fraction of sp³-hybridized carbons (Fsp3) is 0.375. The van der Waals surface area contributed by atoms with Gasteiger partial charge in [0.05, 0.1) is 23.9 Å². The fourth-order valence-electron chi connectivity index (χ4n) is 4.28. The monoisotopic (exact) mass is 483 g/mol. The van der Waals surface area contributed by atoms with Crippen molar-refractivity contribution in [1.82, 2.24) is 10.3 Å². The molecule has 0 saturated carbocycles. The molecule has 10 heteroatoms. The lowest BCUT2D eigenvalue weighted by Crippen LogP contribution is -2.45. The fourth-order valence-corrected chi connectivity index (χ4v) is 4.99. The number of amides is 2. The van der Waals surface area contributed by atoms with Crippen molar-refractivity contribution >= 4 is 28.3 Å². The largest absolute Gasteiger partial charge is 0.469 e. The van der Waals surface area contributed by atoms with Gasteiger partial charge in [0.1, 0.15) is 5.76 Å². The van der Waals surface area contributed by atoms with Crippen LogP contribution >= 0.6 is 11.3 Å². The number of furan rings is 1. The number of aryl methyl sites for hydroxylation is 1. The van der Waals surface area contributed by atoms with Crippen LogP contribution in [-0.4, -0.2) is 43.3 Å². The van der Waals surface area contributed by atoms with E-state index in [1.165, 1.54) is 17.6 Å². The molecule has 2 aliphatic heterocycles. The van der Waals surface area contributed by atoms with Gasteiger partial charge in [0.2, 0.25) is 12.7 Å². The Kier molecular flexibility index (Phi) is 6.25. The van der Waals surface area contributed by atoms with Crippen LogP contribution in [0, 0.1) is 6.92 Å². The summed E-state index contributed by atoms with van der Waals surface area (Å²) >= 11 is 1.28. The Labute approximate surface area is 200 Å². The van der Waals surface area contributed by atoms with E-state index in [1.807, 2.05) is 18.2 Å². The lowest BCUT2D eigenvalue weighted by molar-refractivity contribution is -0.121. The zero-order valence-electron chi connectivity index (χ0n) is 18.7. The second kappa shape index (κ2) is 9.47. The predicted molar refractivity (Wildman–Crippen MR) is 125 cm³/mol. The van der Waals surface area contributed by atoms with Crippen LogP contribution in [0.4, 0.5) is 5.13 Å². The molecule has 1 aromatic carbocycles. The summed E-state index contributed by atoms with van der Waals surface area (Å²) in [7, 11) is 0. The van der Waals surface area contributed by atoms with Gasteiger partial charge in [-0.15, -0.1) is 11.3 Å². The summed E-state index contributed by atoms with van der Waals surface area (Å²) in [6.45, 7) is 3.71. The smallest absolute Gasteiger partial charge is 0.260 e. The Bertz CT molecular complexity index is 1200. The minimum atomic E-state index is -0.290. The van der Waals surface area contributed by atoms with Crippen molar-refractivity contribution in [3.63, 3.8) is 0 Å². The molecule has 0 aliphatic carbocycles. The number of ether oxygens (including phenoxy) is 3. The maximum Gasteiger partial charge on any atom is 0.260 e. The van der Waals surface area contributed by atoms with Gasteiger partial charge in [0, 0.05) is 30.6 Å². The number of thiazole rings is 1. The van der Waals surface area contributed by atoms with Gasteiger partial charge in [0.15, 0.2) is 16.6 Å². The molecule has 0 unspecified atom stereocenters. The van der Waals surface area contributed by atoms with Crippen LogP contribution in [0.15, 0.2) is 40.3 Å². The molecule has 1 saturated heterocycles. The molecule has 0 radical (unpaired) electrons. The molecule has 9 nitrogen and oxygen atoms in total. The molecule has 0 spiro atoms. The molecule has 178 valence electrons. The average Bonchev–Trinajstić information content (AvgIpc) is 3.59. The molecular weight excluding hydrogens is 458 g/mol. The first-order valence-corrected chi connectivity index (χ1v) is 11.9. The first-order chi connectivity index (χ1) is 16.5. The summed E-state index contributed by atoms with van der Waals surface area (Å²) in [6.07, 6.45) is 3.20. The highest BCUT2D eigenvalue weighted by atomic mass is 32.1. The predicted octanol–water partition coefficient (Wildman–Crippen LogP) is 3.43. The molecule has 0 bridgehead atoms. The topological polar surface area (TPSA) is 112 Å². The van der Waals surface area contributed by atoms with Crippen LogP contribution in [0.1, 0.15) is 40.2 Å².